The number of amides is 1. The summed E-state index contributed by atoms with van der Waals surface area (Å²) in [7, 11) is 0. The van der Waals surface area contributed by atoms with E-state index in [-0.39, 0.29) is 11.9 Å². The van der Waals surface area contributed by atoms with E-state index >= 15 is 0 Å². The summed E-state index contributed by atoms with van der Waals surface area (Å²) in [6, 6.07) is 27.0. The molecule has 1 aliphatic carbocycles. The highest BCUT2D eigenvalue weighted by Crippen LogP contribution is 2.30. The fourth-order valence-corrected chi connectivity index (χ4v) is 4.06. The second kappa shape index (κ2) is 9.02. The number of hydrogen-bond donors (Lipinski definition) is 1. The van der Waals surface area contributed by atoms with Crippen molar-refractivity contribution in [2.24, 2.45) is 0 Å². The van der Waals surface area contributed by atoms with E-state index in [0.717, 1.165) is 24.8 Å². The van der Waals surface area contributed by atoms with Gasteiger partial charge in [-0.05, 0) is 54.7 Å². The van der Waals surface area contributed by atoms with Crippen LogP contribution in [0.15, 0.2) is 91.1 Å². The molecule has 0 fully saturated rings. The molecule has 1 aliphatic rings. The SMILES string of the molecule is O=C(NC1CCCc2ccccc21)c1ccc(-c2nccc(Oc3ccccc3)n2)cc1. The number of aryl methyl sites for hydroxylation is 1. The van der Waals surface area contributed by atoms with Gasteiger partial charge in [-0.3, -0.25) is 4.79 Å². The minimum atomic E-state index is -0.0691. The van der Waals surface area contributed by atoms with Crippen LogP contribution in [0.1, 0.15) is 40.4 Å². The Balaban J connectivity index is 1.29. The van der Waals surface area contributed by atoms with Crippen LogP contribution < -0.4 is 10.1 Å². The Kier molecular flexibility index (Phi) is 5.62. The first-order valence-electron chi connectivity index (χ1n) is 10.8. The monoisotopic (exact) mass is 421 g/mol. The molecule has 1 heterocycles. The number of ether oxygens (including phenoxy) is 1. The minimum absolute atomic E-state index is 0.0577. The third kappa shape index (κ3) is 4.37. The third-order valence-corrected chi connectivity index (χ3v) is 5.68. The number of benzene rings is 3. The molecular weight excluding hydrogens is 398 g/mol. The summed E-state index contributed by atoms with van der Waals surface area (Å²) in [5.74, 6) is 1.67. The molecular formula is C27H23N3O2. The smallest absolute Gasteiger partial charge is 0.251 e. The maximum absolute atomic E-state index is 12.9. The number of para-hydroxylation sites is 1. The molecule has 5 nitrogen and oxygen atoms in total. The van der Waals surface area contributed by atoms with Crippen LogP contribution in [0.5, 0.6) is 11.6 Å². The molecule has 1 N–H and O–H groups in total. The standard InChI is InChI=1S/C27H23N3O2/c31-27(29-24-12-6-8-19-7-4-5-11-23(19)24)21-15-13-20(14-16-21)26-28-18-17-25(30-26)32-22-9-2-1-3-10-22/h1-5,7,9-11,13-18,24H,6,8,12H2,(H,29,31). The molecule has 0 radical (unpaired) electrons. The molecule has 1 unspecified atom stereocenters. The largest absolute Gasteiger partial charge is 0.439 e. The molecule has 5 rings (SSSR count). The lowest BCUT2D eigenvalue weighted by Crippen LogP contribution is -2.30. The first-order chi connectivity index (χ1) is 15.8. The summed E-state index contributed by atoms with van der Waals surface area (Å²) in [5, 5.41) is 3.20. The number of aromatic nitrogens is 2. The molecule has 0 spiro atoms. The Bertz CT molecular complexity index is 1220. The zero-order valence-corrected chi connectivity index (χ0v) is 17.6. The Labute approximate surface area is 187 Å². The first-order valence-corrected chi connectivity index (χ1v) is 10.8. The summed E-state index contributed by atoms with van der Waals surface area (Å²) in [5.41, 5.74) is 4.00. The average Bonchev–Trinajstić information content (AvgIpc) is 2.85. The molecule has 158 valence electrons. The van der Waals surface area contributed by atoms with Gasteiger partial charge in [-0.15, -0.1) is 0 Å². The quantitative estimate of drug-likeness (QED) is 0.446. The molecule has 1 atom stereocenters. The highest BCUT2D eigenvalue weighted by molar-refractivity contribution is 5.94. The maximum atomic E-state index is 12.9. The van der Waals surface area contributed by atoms with E-state index in [2.05, 4.69) is 33.5 Å². The van der Waals surface area contributed by atoms with Crippen molar-refractivity contribution in [3.05, 3.63) is 108 Å². The van der Waals surface area contributed by atoms with Gasteiger partial charge >= 0.3 is 0 Å². The van der Waals surface area contributed by atoms with Crippen LogP contribution in [0, 0.1) is 0 Å². The molecule has 0 saturated carbocycles. The highest BCUT2D eigenvalue weighted by Gasteiger charge is 2.21. The number of carbonyl (C=O) groups is 1. The van der Waals surface area contributed by atoms with E-state index in [9.17, 15) is 4.79 Å². The molecule has 0 aliphatic heterocycles. The van der Waals surface area contributed by atoms with Crippen LogP contribution in [0.2, 0.25) is 0 Å². The van der Waals surface area contributed by atoms with Gasteiger partial charge in [-0.2, -0.15) is 4.98 Å². The van der Waals surface area contributed by atoms with Gasteiger partial charge in [0.1, 0.15) is 5.75 Å². The summed E-state index contributed by atoms with van der Waals surface area (Å²) < 4.78 is 5.80. The van der Waals surface area contributed by atoms with E-state index in [0.29, 0.717) is 23.0 Å². The van der Waals surface area contributed by atoms with Crippen molar-refractivity contribution < 1.29 is 9.53 Å². The van der Waals surface area contributed by atoms with E-state index in [4.69, 9.17) is 4.74 Å². The third-order valence-electron chi connectivity index (χ3n) is 5.68. The summed E-state index contributed by atoms with van der Waals surface area (Å²) in [6.07, 6.45) is 4.79. The van der Waals surface area contributed by atoms with Crippen LogP contribution in [0.25, 0.3) is 11.4 Å². The Morgan fingerprint density at radius 1 is 0.906 bits per heavy atom. The predicted octanol–water partition coefficient (Wildman–Crippen LogP) is 5.74. The van der Waals surface area contributed by atoms with Crippen LogP contribution >= 0.6 is 0 Å². The van der Waals surface area contributed by atoms with Crippen molar-refractivity contribution in [3.8, 4) is 23.0 Å². The average molecular weight is 422 g/mol. The summed E-state index contributed by atoms with van der Waals surface area (Å²) in [6.45, 7) is 0. The van der Waals surface area contributed by atoms with E-state index in [1.54, 1.807) is 12.3 Å². The highest BCUT2D eigenvalue weighted by atomic mass is 16.5. The van der Waals surface area contributed by atoms with Crippen LogP contribution in [0.4, 0.5) is 0 Å². The minimum Gasteiger partial charge on any atom is -0.439 e. The normalized spacial score (nSPS) is 14.9. The summed E-state index contributed by atoms with van der Waals surface area (Å²) >= 11 is 0. The van der Waals surface area contributed by atoms with Crippen molar-refractivity contribution in [1.29, 1.82) is 0 Å². The van der Waals surface area contributed by atoms with Crippen LogP contribution in [-0.4, -0.2) is 15.9 Å². The molecule has 32 heavy (non-hydrogen) atoms. The fraction of sp³-hybridized carbons (Fsp3) is 0.148. The van der Waals surface area contributed by atoms with E-state index in [1.165, 1.54) is 11.1 Å². The van der Waals surface area contributed by atoms with Gasteiger partial charge < -0.3 is 10.1 Å². The lowest BCUT2D eigenvalue weighted by atomic mass is 9.87. The van der Waals surface area contributed by atoms with Crippen molar-refractivity contribution in [2.45, 2.75) is 25.3 Å². The molecule has 1 aromatic heterocycles. The number of fused-ring (bicyclic) bond motifs is 1. The Morgan fingerprint density at radius 3 is 2.53 bits per heavy atom. The fourth-order valence-electron chi connectivity index (χ4n) is 4.06. The first kappa shape index (κ1) is 19.9. The molecule has 4 aromatic rings. The van der Waals surface area contributed by atoms with Gasteiger partial charge in [-0.1, -0.05) is 54.6 Å². The number of nitrogens with zero attached hydrogens (tertiary/aromatic N) is 2. The second-order valence-corrected chi connectivity index (χ2v) is 7.83. The zero-order valence-electron chi connectivity index (χ0n) is 17.6. The predicted molar refractivity (Wildman–Crippen MR) is 124 cm³/mol. The van der Waals surface area contributed by atoms with Crippen molar-refractivity contribution in [1.82, 2.24) is 15.3 Å². The van der Waals surface area contributed by atoms with Crippen LogP contribution in [-0.2, 0) is 6.42 Å². The second-order valence-electron chi connectivity index (χ2n) is 7.83. The van der Waals surface area contributed by atoms with Crippen LogP contribution in [0.3, 0.4) is 0 Å². The van der Waals surface area contributed by atoms with Crippen molar-refractivity contribution >= 4 is 5.91 Å². The number of nitrogens with one attached hydrogen (secondary N) is 1. The number of hydrogen-bond acceptors (Lipinski definition) is 4. The topological polar surface area (TPSA) is 64.1 Å². The Morgan fingerprint density at radius 2 is 1.69 bits per heavy atom. The van der Waals surface area contributed by atoms with Gasteiger partial charge in [0.05, 0.1) is 6.04 Å². The zero-order chi connectivity index (χ0) is 21.8. The van der Waals surface area contributed by atoms with Gasteiger partial charge in [0.15, 0.2) is 5.82 Å². The van der Waals surface area contributed by atoms with Gasteiger partial charge in [0.2, 0.25) is 5.88 Å². The van der Waals surface area contributed by atoms with E-state index < -0.39 is 0 Å². The lowest BCUT2D eigenvalue weighted by Gasteiger charge is -2.26. The van der Waals surface area contributed by atoms with Crippen molar-refractivity contribution in [2.75, 3.05) is 0 Å². The maximum Gasteiger partial charge on any atom is 0.251 e. The van der Waals surface area contributed by atoms with Gasteiger partial charge in [0.25, 0.3) is 5.91 Å². The Hall–Kier alpha value is -3.99. The molecule has 5 heteroatoms. The molecule has 3 aromatic carbocycles. The van der Waals surface area contributed by atoms with Gasteiger partial charge in [-0.25, -0.2) is 4.98 Å². The molecule has 0 saturated heterocycles. The molecule has 0 bridgehead atoms. The van der Waals surface area contributed by atoms with E-state index in [1.807, 2.05) is 60.7 Å². The van der Waals surface area contributed by atoms with Gasteiger partial charge in [0, 0.05) is 23.4 Å². The lowest BCUT2D eigenvalue weighted by molar-refractivity contribution is 0.0933. The number of carbonyl (C=O) groups excluding carboxylic acids is 1. The molecule has 1 amide bonds. The summed E-state index contributed by atoms with van der Waals surface area (Å²) in [4.78, 5) is 21.7. The number of rotatable bonds is 5. The van der Waals surface area contributed by atoms with Crippen molar-refractivity contribution in [3.63, 3.8) is 0 Å².